The summed E-state index contributed by atoms with van der Waals surface area (Å²) in [7, 11) is 1.27. The molecule has 0 fully saturated rings. The second-order valence-corrected chi connectivity index (χ2v) is 9.37. The van der Waals surface area contributed by atoms with Crippen molar-refractivity contribution in [2.24, 2.45) is 0 Å². The number of furan rings is 1. The third-order valence-corrected chi connectivity index (χ3v) is 6.68. The standard InChI is InChI=1S/C29H18Cl3NO4/c1-36-29(35)23-16-20(8-11-25(23)32)33-26(17-5-3-2-4-6-17)14-18(28(33)34)13-21-9-12-27(37-21)22-15-19(30)7-10-24(22)31/h2-16H,1H3/b18-13-. The molecule has 1 aromatic heterocycles. The average Bonchev–Trinajstić information content (AvgIpc) is 3.50. The predicted octanol–water partition coefficient (Wildman–Crippen LogP) is 8.16. The van der Waals surface area contributed by atoms with Crippen LogP contribution in [-0.2, 0) is 9.53 Å². The highest BCUT2D eigenvalue weighted by Crippen LogP contribution is 2.38. The summed E-state index contributed by atoms with van der Waals surface area (Å²) < 4.78 is 10.8. The Bertz CT molecular complexity index is 1590. The van der Waals surface area contributed by atoms with E-state index >= 15 is 0 Å². The van der Waals surface area contributed by atoms with Crippen molar-refractivity contribution in [3.63, 3.8) is 0 Å². The van der Waals surface area contributed by atoms with Crippen molar-refractivity contribution in [2.75, 3.05) is 12.0 Å². The number of nitrogens with zero attached hydrogens (tertiary/aromatic N) is 1. The summed E-state index contributed by atoms with van der Waals surface area (Å²) in [6.07, 6.45) is 3.43. The van der Waals surface area contributed by atoms with Crippen LogP contribution in [0.2, 0.25) is 15.1 Å². The van der Waals surface area contributed by atoms with Crippen LogP contribution in [-0.4, -0.2) is 19.0 Å². The Hall–Kier alpha value is -3.77. The quantitative estimate of drug-likeness (QED) is 0.186. The first-order valence-electron chi connectivity index (χ1n) is 11.1. The second kappa shape index (κ2) is 10.3. The molecule has 184 valence electrons. The first-order valence-corrected chi connectivity index (χ1v) is 12.3. The number of anilines is 1. The summed E-state index contributed by atoms with van der Waals surface area (Å²) in [5.74, 6) is 0.0959. The minimum absolute atomic E-state index is 0.161. The van der Waals surface area contributed by atoms with E-state index in [1.807, 2.05) is 30.3 Å². The zero-order chi connectivity index (χ0) is 26.1. The van der Waals surface area contributed by atoms with Crippen molar-refractivity contribution in [2.45, 2.75) is 0 Å². The fraction of sp³-hybridized carbons (Fsp3) is 0.0345. The van der Waals surface area contributed by atoms with Gasteiger partial charge in [0.05, 0.1) is 34.1 Å². The molecule has 4 aromatic rings. The van der Waals surface area contributed by atoms with Crippen LogP contribution in [0.25, 0.3) is 23.1 Å². The SMILES string of the molecule is COC(=O)c1cc(N2C(=O)/C(=C\c3ccc(-c4cc(Cl)ccc4Cl)o3)C=C2c2ccccc2)ccc1Cl. The Morgan fingerprint density at radius 3 is 2.43 bits per heavy atom. The van der Waals surface area contributed by atoms with Gasteiger partial charge in [0.1, 0.15) is 11.5 Å². The Morgan fingerprint density at radius 1 is 0.919 bits per heavy atom. The fourth-order valence-electron chi connectivity index (χ4n) is 4.03. The summed E-state index contributed by atoms with van der Waals surface area (Å²) in [6.45, 7) is 0. The van der Waals surface area contributed by atoms with E-state index in [0.29, 0.717) is 44.1 Å². The van der Waals surface area contributed by atoms with Crippen LogP contribution in [0.5, 0.6) is 0 Å². The van der Waals surface area contributed by atoms with Gasteiger partial charge in [0.15, 0.2) is 0 Å². The molecule has 1 amide bonds. The molecular weight excluding hydrogens is 533 g/mol. The first kappa shape index (κ1) is 24.9. The molecular formula is C29H18Cl3NO4. The predicted molar refractivity (Wildman–Crippen MR) is 147 cm³/mol. The van der Waals surface area contributed by atoms with E-state index in [0.717, 1.165) is 5.56 Å². The van der Waals surface area contributed by atoms with Crippen LogP contribution in [0.1, 0.15) is 21.7 Å². The number of carbonyl (C=O) groups excluding carboxylic acids is 2. The van der Waals surface area contributed by atoms with E-state index in [9.17, 15) is 9.59 Å². The highest BCUT2D eigenvalue weighted by atomic mass is 35.5. The molecule has 0 bridgehead atoms. The summed E-state index contributed by atoms with van der Waals surface area (Å²) in [6, 6.07) is 22.9. The molecule has 0 saturated carbocycles. The van der Waals surface area contributed by atoms with Crippen molar-refractivity contribution in [3.8, 4) is 11.3 Å². The van der Waals surface area contributed by atoms with E-state index in [1.54, 1.807) is 54.6 Å². The van der Waals surface area contributed by atoms with Crippen LogP contribution in [0.15, 0.2) is 94.9 Å². The van der Waals surface area contributed by atoms with Gasteiger partial charge in [0.25, 0.3) is 5.91 Å². The number of amides is 1. The fourth-order valence-corrected chi connectivity index (χ4v) is 4.60. The van der Waals surface area contributed by atoms with E-state index in [1.165, 1.54) is 18.1 Å². The maximum atomic E-state index is 13.7. The topological polar surface area (TPSA) is 59.8 Å². The third-order valence-electron chi connectivity index (χ3n) is 5.78. The molecule has 1 aliphatic heterocycles. The molecule has 0 radical (unpaired) electrons. The van der Waals surface area contributed by atoms with Crippen LogP contribution in [0, 0.1) is 0 Å². The van der Waals surface area contributed by atoms with Crippen LogP contribution < -0.4 is 4.90 Å². The normalized spacial score (nSPS) is 14.3. The molecule has 0 saturated heterocycles. The Labute approximate surface area is 228 Å². The van der Waals surface area contributed by atoms with Gasteiger partial charge in [-0.15, -0.1) is 0 Å². The number of esters is 1. The molecule has 0 spiro atoms. The molecule has 0 atom stereocenters. The molecule has 3 aromatic carbocycles. The van der Waals surface area contributed by atoms with E-state index in [4.69, 9.17) is 44.0 Å². The van der Waals surface area contributed by atoms with Crippen molar-refractivity contribution >= 4 is 64.1 Å². The lowest BCUT2D eigenvalue weighted by atomic mass is 10.1. The molecule has 0 unspecified atom stereocenters. The van der Waals surface area contributed by atoms with Gasteiger partial charge in [-0.3, -0.25) is 9.69 Å². The third kappa shape index (κ3) is 4.94. The lowest BCUT2D eigenvalue weighted by Gasteiger charge is -2.21. The van der Waals surface area contributed by atoms with Gasteiger partial charge in [0.2, 0.25) is 0 Å². The van der Waals surface area contributed by atoms with Gasteiger partial charge < -0.3 is 9.15 Å². The molecule has 0 aliphatic carbocycles. The second-order valence-electron chi connectivity index (χ2n) is 8.12. The number of halogens is 3. The summed E-state index contributed by atoms with van der Waals surface area (Å²) >= 11 is 18.7. The first-order chi connectivity index (χ1) is 17.9. The smallest absolute Gasteiger partial charge is 0.339 e. The number of benzene rings is 3. The van der Waals surface area contributed by atoms with Crippen LogP contribution in [0.3, 0.4) is 0 Å². The minimum Gasteiger partial charge on any atom is -0.465 e. The molecule has 5 nitrogen and oxygen atoms in total. The van der Waals surface area contributed by atoms with Crippen molar-refractivity contribution < 1.29 is 18.7 Å². The summed E-state index contributed by atoms with van der Waals surface area (Å²) in [5, 5.41) is 1.25. The summed E-state index contributed by atoms with van der Waals surface area (Å²) in [4.78, 5) is 27.4. The Balaban J connectivity index is 1.57. The largest absolute Gasteiger partial charge is 0.465 e. The van der Waals surface area contributed by atoms with Gasteiger partial charge >= 0.3 is 5.97 Å². The zero-order valence-corrected chi connectivity index (χ0v) is 21.6. The number of ether oxygens (including phenoxy) is 1. The minimum atomic E-state index is -0.595. The van der Waals surface area contributed by atoms with Gasteiger partial charge in [-0.2, -0.15) is 0 Å². The zero-order valence-electron chi connectivity index (χ0n) is 19.4. The maximum Gasteiger partial charge on any atom is 0.339 e. The van der Waals surface area contributed by atoms with E-state index < -0.39 is 5.97 Å². The molecule has 0 N–H and O–H groups in total. The molecule has 1 aliphatic rings. The molecule has 37 heavy (non-hydrogen) atoms. The number of hydrogen-bond donors (Lipinski definition) is 0. The molecule has 5 rings (SSSR count). The molecule has 2 heterocycles. The summed E-state index contributed by atoms with van der Waals surface area (Å²) in [5.41, 5.74) is 3.13. The number of methoxy groups -OCH3 is 1. The Kier molecular flexibility index (Phi) is 6.94. The van der Waals surface area contributed by atoms with Gasteiger partial charge in [-0.05, 0) is 66.2 Å². The van der Waals surface area contributed by atoms with E-state index in [2.05, 4.69) is 0 Å². The van der Waals surface area contributed by atoms with E-state index in [-0.39, 0.29) is 16.5 Å². The highest BCUT2D eigenvalue weighted by molar-refractivity contribution is 6.35. The maximum absolute atomic E-state index is 13.7. The van der Waals surface area contributed by atoms with Crippen molar-refractivity contribution in [3.05, 3.63) is 122 Å². The van der Waals surface area contributed by atoms with Crippen LogP contribution >= 0.6 is 34.8 Å². The van der Waals surface area contributed by atoms with Gasteiger partial charge in [-0.25, -0.2) is 4.79 Å². The highest BCUT2D eigenvalue weighted by Gasteiger charge is 2.31. The monoisotopic (exact) mass is 549 g/mol. The van der Waals surface area contributed by atoms with Gasteiger partial charge in [0, 0.05) is 16.2 Å². The van der Waals surface area contributed by atoms with Crippen molar-refractivity contribution in [1.82, 2.24) is 0 Å². The molecule has 8 heteroatoms. The number of carbonyl (C=O) groups is 2. The van der Waals surface area contributed by atoms with Crippen LogP contribution in [0.4, 0.5) is 5.69 Å². The number of hydrogen-bond acceptors (Lipinski definition) is 4. The van der Waals surface area contributed by atoms with Crippen molar-refractivity contribution in [1.29, 1.82) is 0 Å². The van der Waals surface area contributed by atoms with Gasteiger partial charge in [-0.1, -0.05) is 65.1 Å². The Morgan fingerprint density at radius 2 is 1.68 bits per heavy atom. The average molecular weight is 551 g/mol. The lowest BCUT2D eigenvalue weighted by molar-refractivity contribution is -0.113. The number of rotatable bonds is 5. The lowest BCUT2D eigenvalue weighted by Crippen LogP contribution is -2.25.